The number of amides is 2. The lowest BCUT2D eigenvalue weighted by Gasteiger charge is -2.07. The quantitative estimate of drug-likeness (QED) is 0.611. The van der Waals surface area contributed by atoms with Crippen LogP contribution in [0.4, 0.5) is 10.5 Å². The fraction of sp³-hybridized carbons (Fsp3) is 0.455. The Bertz CT molecular complexity index is 606. The highest BCUT2D eigenvalue weighted by molar-refractivity contribution is 7.91. The lowest BCUT2D eigenvalue weighted by molar-refractivity contribution is 0.0692. The van der Waals surface area contributed by atoms with Crippen LogP contribution in [0.5, 0.6) is 0 Å². The predicted molar refractivity (Wildman–Crippen MR) is 73.8 cm³/mol. The van der Waals surface area contributed by atoms with Crippen LogP contribution >= 0.6 is 0 Å². The summed E-state index contributed by atoms with van der Waals surface area (Å²) in [4.78, 5) is 25.1. The summed E-state index contributed by atoms with van der Waals surface area (Å²) in [6, 6.07) is 0.823. The topological polar surface area (TPSA) is 128 Å². The lowest BCUT2D eigenvalue weighted by Crippen LogP contribution is -2.33. The fourth-order valence-electron chi connectivity index (χ4n) is 1.49. The number of anilines is 1. The van der Waals surface area contributed by atoms with Crippen LogP contribution in [0.2, 0.25) is 0 Å². The number of sulfone groups is 1. The minimum atomic E-state index is -3.15. The third kappa shape index (κ3) is 4.57. The first-order valence-electron chi connectivity index (χ1n) is 5.93. The summed E-state index contributed by atoms with van der Waals surface area (Å²) in [7, 11) is -3.15. The van der Waals surface area contributed by atoms with Crippen LogP contribution in [-0.4, -0.2) is 48.6 Å². The number of hydrogen-bond donors (Lipinski definition) is 4. The van der Waals surface area contributed by atoms with Crippen molar-refractivity contribution >= 4 is 27.5 Å². The number of aromatic carboxylic acids is 1. The number of carbonyl (C=O) groups excluding carboxylic acids is 1. The summed E-state index contributed by atoms with van der Waals surface area (Å²) in [5.41, 5.74) is 0.593. The van der Waals surface area contributed by atoms with Gasteiger partial charge in [0, 0.05) is 18.0 Å². The first-order chi connectivity index (χ1) is 9.25. The van der Waals surface area contributed by atoms with Gasteiger partial charge in [-0.1, -0.05) is 6.92 Å². The van der Waals surface area contributed by atoms with Crippen molar-refractivity contribution in [2.24, 2.45) is 0 Å². The number of urea groups is 1. The average molecular weight is 303 g/mol. The van der Waals surface area contributed by atoms with Gasteiger partial charge in [0.25, 0.3) is 0 Å². The zero-order valence-electron chi connectivity index (χ0n) is 11.2. The van der Waals surface area contributed by atoms with Crippen LogP contribution in [-0.2, 0) is 9.84 Å². The Morgan fingerprint density at radius 1 is 1.40 bits per heavy atom. The molecule has 0 aliphatic carbocycles. The number of H-pyrrole nitrogens is 1. The summed E-state index contributed by atoms with van der Waals surface area (Å²) in [5, 5.41) is 13.6. The molecule has 1 heterocycles. The molecule has 20 heavy (non-hydrogen) atoms. The summed E-state index contributed by atoms with van der Waals surface area (Å²) < 4.78 is 22.5. The number of nitrogens with one attached hydrogen (secondary N) is 3. The normalized spacial score (nSPS) is 11.1. The Morgan fingerprint density at radius 3 is 2.60 bits per heavy atom. The van der Waals surface area contributed by atoms with E-state index in [1.165, 1.54) is 13.0 Å². The number of aryl methyl sites for hydroxylation is 1. The maximum Gasteiger partial charge on any atom is 0.354 e. The number of carbonyl (C=O) groups is 2. The molecule has 0 saturated carbocycles. The van der Waals surface area contributed by atoms with E-state index in [0.717, 1.165) is 0 Å². The molecular weight excluding hydrogens is 286 g/mol. The van der Waals surface area contributed by atoms with Gasteiger partial charge in [-0.2, -0.15) is 0 Å². The molecule has 0 aliphatic rings. The number of aromatic nitrogens is 1. The molecule has 8 nitrogen and oxygen atoms in total. The van der Waals surface area contributed by atoms with Gasteiger partial charge >= 0.3 is 12.0 Å². The molecule has 9 heteroatoms. The van der Waals surface area contributed by atoms with E-state index in [2.05, 4.69) is 15.6 Å². The number of carboxylic acid groups (broad SMARTS) is 1. The number of aromatic amines is 1. The Kier molecular flexibility index (Phi) is 5.14. The molecule has 4 N–H and O–H groups in total. The Balaban J connectivity index is 2.57. The molecular formula is C11H17N3O5S. The van der Waals surface area contributed by atoms with Crippen LogP contribution < -0.4 is 10.6 Å². The third-order valence-corrected chi connectivity index (χ3v) is 4.26. The van der Waals surface area contributed by atoms with E-state index in [0.29, 0.717) is 5.69 Å². The molecule has 2 amide bonds. The molecule has 1 aromatic heterocycles. The molecule has 1 aromatic rings. The van der Waals surface area contributed by atoms with Crippen molar-refractivity contribution in [3.63, 3.8) is 0 Å². The van der Waals surface area contributed by atoms with E-state index in [4.69, 9.17) is 5.11 Å². The van der Waals surface area contributed by atoms with Gasteiger partial charge in [-0.3, -0.25) is 0 Å². The van der Waals surface area contributed by atoms with E-state index >= 15 is 0 Å². The fourth-order valence-corrected chi connectivity index (χ4v) is 2.19. The maximum atomic E-state index is 11.5. The predicted octanol–water partition coefficient (Wildman–Crippen LogP) is 0.578. The van der Waals surface area contributed by atoms with Gasteiger partial charge in [-0.25, -0.2) is 18.0 Å². The zero-order chi connectivity index (χ0) is 15.3. The second-order valence-electron chi connectivity index (χ2n) is 4.16. The van der Waals surface area contributed by atoms with Gasteiger partial charge < -0.3 is 20.7 Å². The van der Waals surface area contributed by atoms with Crippen molar-refractivity contribution in [3.05, 3.63) is 17.5 Å². The summed E-state index contributed by atoms with van der Waals surface area (Å²) in [6.45, 7) is 3.15. The van der Waals surface area contributed by atoms with E-state index in [-0.39, 0.29) is 29.4 Å². The first kappa shape index (κ1) is 16.0. The lowest BCUT2D eigenvalue weighted by atomic mass is 10.3. The number of hydrogen-bond acceptors (Lipinski definition) is 4. The summed E-state index contributed by atoms with van der Waals surface area (Å²) >= 11 is 0. The van der Waals surface area contributed by atoms with Crippen LogP contribution in [0.1, 0.15) is 23.1 Å². The smallest absolute Gasteiger partial charge is 0.354 e. The molecule has 0 saturated heterocycles. The van der Waals surface area contributed by atoms with Crippen molar-refractivity contribution in [3.8, 4) is 0 Å². The largest absolute Gasteiger partial charge is 0.477 e. The number of carboxylic acids is 1. The zero-order valence-corrected chi connectivity index (χ0v) is 12.0. The molecule has 0 fully saturated rings. The highest BCUT2D eigenvalue weighted by Gasteiger charge is 2.15. The van der Waals surface area contributed by atoms with Gasteiger partial charge in [0.15, 0.2) is 9.84 Å². The van der Waals surface area contributed by atoms with E-state index in [9.17, 15) is 18.0 Å². The van der Waals surface area contributed by atoms with Crippen molar-refractivity contribution in [2.75, 3.05) is 23.4 Å². The first-order valence-corrected chi connectivity index (χ1v) is 7.75. The van der Waals surface area contributed by atoms with Gasteiger partial charge in [0.1, 0.15) is 5.69 Å². The molecule has 0 aromatic carbocycles. The van der Waals surface area contributed by atoms with Crippen LogP contribution in [0.25, 0.3) is 0 Å². The molecule has 0 aliphatic heterocycles. The average Bonchev–Trinajstić information content (AvgIpc) is 2.70. The van der Waals surface area contributed by atoms with Crippen LogP contribution in [0.3, 0.4) is 0 Å². The van der Waals surface area contributed by atoms with Crippen molar-refractivity contribution < 1.29 is 23.1 Å². The van der Waals surface area contributed by atoms with Gasteiger partial charge in [0.2, 0.25) is 0 Å². The minimum absolute atomic E-state index is 0.0104. The molecule has 0 radical (unpaired) electrons. The second kappa shape index (κ2) is 6.42. The van der Waals surface area contributed by atoms with Gasteiger partial charge in [-0.15, -0.1) is 0 Å². The summed E-state index contributed by atoms with van der Waals surface area (Å²) in [5.74, 6) is -1.34. The van der Waals surface area contributed by atoms with E-state index in [1.54, 1.807) is 6.92 Å². The summed E-state index contributed by atoms with van der Waals surface area (Å²) in [6.07, 6.45) is 0. The molecule has 0 unspecified atom stereocenters. The SMILES string of the molecule is CCS(=O)(=O)CCNC(=O)Nc1cc(C)[nH]c1C(=O)O. The Hall–Kier alpha value is -2.03. The van der Waals surface area contributed by atoms with Gasteiger partial charge in [-0.05, 0) is 13.0 Å². The van der Waals surface area contributed by atoms with Crippen molar-refractivity contribution in [1.29, 1.82) is 0 Å². The molecule has 1 rings (SSSR count). The Morgan fingerprint density at radius 2 is 2.05 bits per heavy atom. The maximum absolute atomic E-state index is 11.5. The molecule has 0 spiro atoms. The van der Waals surface area contributed by atoms with E-state index < -0.39 is 21.8 Å². The monoisotopic (exact) mass is 303 g/mol. The molecule has 0 bridgehead atoms. The minimum Gasteiger partial charge on any atom is -0.477 e. The van der Waals surface area contributed by atoms with E-state index in [1.807, 2.05) is 0 Å². The van der Waals surface area contributed by atoms with Crippen molar-refractivity contribution in [1.82, 2.24) is 10.3 Å². The van der Waals surface area contributed by atoms with Crippen LogP contribution in [0, 0.1) is 6.92 Å². The van der Waals surface area contributed by atoms with Gasteiger partial charge in [0.05, 0.1) is 11.4 Å². The second-order valence-corrected chi connectivity index (χ2v) is 6.64. The highest BCUT2D eigenvalue weighted by atomic mass is 32.2. The standard InChI is InChI=1S/C11H17N3O5S/c1-3-20(18,19)5-4-12-11(17)14-8-6-7(2)13-9(8)10(15)16/h6,13H,3-5H2,1-2H3,(H,15,16)(H2,12,14,17). The molecule has 0 atom stereocenters. The Labute approximate surface area is 116 Å². The number of rotatable bonds is 6. The highest BCUT2D eigenvalue weighted by Crippen LogP contribution is 2.16. The molecule has 112 valence electrons. The third-order valence-electron chi connectivity index (χ3n) is 2.55. The van der Waals surface area contributed by atoms with Crippen LogP contribution in [0.15, 0.2) is 6.07 Å². The van der Waals surface area contributed by atoms with Crippen molar-refractivity contribution in [2.45, 2.75) is 13.8 Å².